The largest absolute Gasteiger partial charge is 0.381 e. The molecule has 0 radical (unpaired) electrons. The number of hydrogen-bond donors (Lipinski definition) is 1. The fourth-order valence-corrected chi connectivity index (χ4v) is 2.50. The first-order valence-electron chi connectivity index (χ1n) is 7.61. The Hall–Kier alpha value is -2.21. The van der Waals surface area contributed by atoms with E-state index in [1.807, 2.05) is 30.3 Å². The average Bonchev–Trinajstić information content (AvgIpc) is 3.23. The van der Waals surface area contributed by atoms with Gasteiger partial charge in [-0.1, -0.05) is 18.2 Å². The van der Waals surface area contributed by atoms with Crippen LogP contribution in [-0.4, -0.2) is 33.9 Å². The van der Waals surface area contributed by atoms with Crippen molar-refractivity contribution in [1.82, 2.24) is 20.1 Å². The van der Waals surface area contributed by atoms with E-state index in [1.54, 1.807) is 11.0 Å². The highest BCUT2D eigenvalue weighted by Crippen LogP contribution is 2.17. The van der Waals surface area contributed by atoms with E-state index in [1.165, 1.54) is 0 Å². The molecule has 1 saturated heterocycles. The zero-order valence-electron chi connectivity index (χ0n) is 12.4. The summed E-state index contributed by atoms with van der Waals surface area (Å²) in [6.45, 7) is 1.98. The van der Waals surface area contributed by atoms with Crippen molar-refractivity contribution >= 4 is 5.91 Å². The van der Waals surface area contributed by atoms with Gasteiger partial charge in [0, 0.05) is 19.6 Å². The number of carbonyl (C=O) groups excluding carboxylic acids is 1. The normalized spacial score (nSPS) is 17.5. The summed E-state index contributed by atoms with van der Waals surface area (Å²) in [6, 6.07) is 9.77. The molecular weight excluding hydrogens is 280 g/mol. The molecule has 1 amide bonds. The first-order chi connectivity index (χ1) is 10.8. The summed E-state index contributed by atoms with van der Waals surface area (Å²) >= 11 is 0. The van der Waals surface area contributed by atoms with E-state index >= 15 is 0 Å². The maximum Gasteiger partial charge on any atom is 0.220 e. The fourth-order valence-electron chi connectivity index (χ4n) is 2.50. The third-order valence-corrected chi connectivity index (χ3v) is 3.81. The van der Waals surface area contributed by atoms with Gasteiger partial charge in [0.2, 0.25) is 5.91 Å². The lowest BCUT2D eigenvalue weighted by molar-refractivity contribution is -0.121. The minimum absolute atomic E-state index is 0.0444. The van der Waals surface area contributed by atoms with Gasteiger partial charge in [-0.05, 0) is 30.9 Å². The Morgan fingerprint density at radius 3 is 3.00 bits per heavy atom. The quantitative estimate of drug-likeness (QED) is 0.881. The maximum absolute atomic E-state index is 11.8. The van der Waals surface area contributed by atoms with Gasteiger partial charge in [-0.15, -0.1) is 5.10 Å². The predicted octanol–water partition coefficient (Wildman–Crippen LogP) is 1.70. The Bertz CT molecular complexity index is 606. The van der Waals surface area contributed by atoms with Crippen molar-refractivity contribution in [2.24, 2.45) is 5.92 Å². The molecule has 0 saturated carbocycles. The van der Waals surface area contributed by atoms with E-state index in [-0.39, 0.29) is 5.91 Å². The summed E-state index contributed by atoms with van der Waals surface area (Å²) < 4.78 is 7.01. The van der Waals surface area contributed by atoms with Crippen molar-refractivity contribution in [3.63, 3.8) is 0 Å². The molecule has 0 spiro atoms. The molecule has 6 heteroatoms. The Morgan fingerprint density at radius 1 is 1.36 bits per heavy atom. The molecule has 0 bridgehead atoms. The molecule has 6 nitrogen and oxygen atoms in total. The van der Waals surface area contributed by atoms with Crippen LogP contribution in [0.1, 0.15) is 25.1 Å². The van der Waals surface area contributed by atoms with E-state index in [9.17, 15) is 4.79 Å². The lowest BCUT2D eigenvalue weighted by Gasteiger charge is -2.06. The fraction of sp³-hybridized carbons (Fsp3) is 0.438. The number of rotatable bonds is 6. The van der Waals surface area contributed by atoms with Gasteiger partial charge in [-0.2, -0.15) is 0 Å². The van der Waals surface area contributed by atoms with Crippen molar-refractivity contribution in [3.8, 4) is 5.69 Å². The van der Waals surface area contributed by atoms with Crippen LogP contribution in [0.3, 0.4) is 0 Å². The summed E-state index contributed by atoms with van der Waals surface area (Å²) in [5.74, 6) is 1.19. The molecule has 1 atom stereocenters. The third-order valence-electron chi connectivity index (χ3n) is 3.81. The minimum atomic E-state index is 0.0444. The van der Waals surface area contributed by atoms with Crippen LogP contribution in [0.4, 0.5) is 0 Å². The van der Waals surface area contributed by atoms with Crippen LogP contribution in [0.5, 0.6) is 0 Å². The number of aromatic nitrogens is 3. The Kier molecular flexibility index (Phi) is 4.80. The summed E-state index contributed by atoms with van der Waals surface area (Å²) in [7, 11) is 0. The molecule has 1 aromatic carbocycles. The van der Waals surface area contributed by atoms with Crippen molar-refractivity contribution in [3.05, 3.63) is 42.5 Å². The molecule has 1 fully saturated rings. The Labute approximate surface area is 129 Å². The lowest BCUT2D eigenvalue weighted by atomic mass is 10.0. The number of carbonyl (C=O) groups is 1. The Morgan fingerprint density at radius 2 is 2.23 bits per heavy atom. The van der Waals surface area contributed by atoms with Crippen LogP contribution in [-0.2, 0) is 16.1 Å². The summed E-state index contributed by atoms with van der Waals surface area (Å²) in [6.07, 6.45) is 4.15. The van der Waals surface area contributed by atoms with Crippen molar-refractivity contribution in [2.75, 3.05) is 13.2 Å². The number of hydrogen-bond acceptors (Lipinski definition) is 4. The average molecular weight is 300 g/mol. The topological polar surface area (TPSA) is 69.0 Å². The SMILES string of the molecule is O=C(CCC1CCOC1)NCc1ncn(-c2ccccc2)n1. The number of benzene rings is 1. The van der Waals surface area contributed by atoms with E-state index in [2.05, 4.69) is 15.4 Å². The molecule has 2 aromatic rings. The number of nitrogens with one attached hydrogen (secondary N) is 1. The molecule has 116 valence electrons. The molecular formula is C16H20N4O2. The second kappa shape index (κ2) is 7.17. The van der Waals surface area contributed by atoms with Crippen LogP contribution in [0.15, 0.2) is 36.7 Å². The minimum Gasteiger partial charge on any atom is -0.381 e. The van der Waals surface area contributed by atoms with Gasteiger partial charge in [-0.3, -0.25) is 4.79 Å². The van der Waals surface area contributed by atoms with E-state index in [4.69, 9.17) is 4.74 Å². The van der Waals surface area contributed by atoms with Crippen LogP contribution in [0.2, 0.25) is 0 Å². The first kappa shape index (κ1) is 14.7. The van der Waals surface area contributed by atoms with E-state index < -0.39 is 0 Å². The van der Waals surface area contributed by atoms with Gasteiger partial charge in [0.1, 0.15) is 6.33 Å². The monoisotopic (exact) mass is 300 g/mol. The Balaban J connectivity index is 1.45. The molecule has 22 heavy (non-hydrogen) atoms. The number of para-hydroxylation sites is 1. The predicted molar refractivity (Wildman–Crippen MR) is 81.4 cm³/mol. The highest BCUT2D eigenvalue weighted by Gasteiger charge is 2.16. The second-order valence-electron chi connectivity index (χ2n) is 5.49. The molecule has 1 aliphatic rings. The van der Waals surface area contributed by atoms with Gasteiger partial charge < -0.3 is 10.1 Å². The van der Waals surface area contributed by atoms with Crippen LogP contribution < -0.4 is 5.32 Å². The molecule has 3 rings (SSSR count). The van der Waals surface area contributed by atoms with Gasteiger partial charge in [0.15, 0.2) is 5.82 Å². The summed E-state index contributed by atoms with van der Waals surface area (Å²) in [4.78, 5) is 16.1. The molecule has 2 heterocycles. The number of nitrogens with zero attached hydrogens (tertiary/aromatic N) is 3. The highest BCUT2D eigenvalue weighted by molar-refractivity contribution is 5.75. The van der Waals surface area contributed by atoms with Gasteiger partial charge >= 0.3 is 0 Å². The van der Waals surface area contributed by atoms with Crippen molar-refractivity contribution in [2.45, 2.75) is 25.8 Å². The standard InChI is InChI=1S/C16H20N4O2/c21-16(7-6-13-8-9-22-11-13)17-10-15-18-12-20(19-15)14-4-2-1-3-5-14/h1-5,12-13H,6-11H2,(H,17,21). The first-order valence-corrected chi connectivity index (χ1v) is 7.61. The third kappa shape index (κ3) is 3.92. The van der Waals surface area contributed by atoms with Gasteiger partial charge in [0.05, 0.1) is 12.2 Å². The molecule has 1 aliphatic heterocycles. The van der Waals surface area contributed by atoms with Crippen LogP contribution >= 0.6 is 0 Å². The maximum atomic E-state index is 11.8. The van der Waals surface area contributed by atoms with Gasteiger partial charge in [-0.25, -0.2) is 9.67 Å². The smallest absolute Gasteiger partial charge is 0.220 e. The van der Waals surface area contributed by atoms with Gasteiger partial charge in [0.25, 0.3) is 0 Å². The highest BCUT2D eigenvalue weighted by atomic mass is 16.5. The van der Waals surface area contributed by atoms with Crippen molar-refractivity contribution < 1.29 is 9.53 Å². The number of ether oxygens (including phenoxy) is 1. The summed E-state index contributed by atoms with van der Waals surface area (Å²) in [5.41, 5.74) is 0.953. The zero-order valence-corrected chi connectivity index (χ0v) is 12.4. The molecule has 1 unspecified atom stereocenters. The summed E-state index contributed by atoms with van der Waals surface area (Å²) in [5, 5.41) is 7.23. The zero-order chi connectivity index (χ0) is 15.2. The van der Waals surface area contributed by atoms with E-state index in [0.717, 1.165) is 31.7 Å². The van der Waals surface area contributed by atoms with Crippen LogP contribution in [0, 0.1) is 5.92 Å². The lowest BCUT2D eigenvalue weighted by Crippen LogP contribution is -2.24. The van der Waals surface area contributed by atoms with E-state index in [0.29, 0.717) is 24.7 Å². The van der Waals surface area contributed by atoms with Crippen LogP contribution in [0.25, 0.3) is 5.69 Å². The molecule has 1 N–H and O–H groups in total. The van der Waals surface area contributed by atoms with Crippen molar-refractivity contribution in [1.29, 1.82) is 0 Å². The molecule has 0 aliphatic carbocycles. The second-order valence-corrected chi connectivity index (χ2v) is 5.49. The molecule has 1 aromatic heterocycles. The number of amides is 1.